The standard InChI is InChI=1S/C15H26N2O4/c1-15(4-7-21-8-5-15)11-16-14(20)17-6-2-3-12(10-17)9-13(18)19/h12H,2-11H2,1H3,(H,16,20)(H,18,19). The van der Waals surface area contributed by atoms with E-state index in [4.69, 9.17) is 9.84 Å². The first-order valence-corrected chi connectivity index (χ1v) is 7.81. The first-order valence-electron chi connectivity index (χ1n) is 7.81. The Morgan fingerprint density at radius 3 is 2.76 bits per heavy atom. The summed E-state index contributed by atoms with van der Waals surface area (Å²) in [5.74, 6) is -0.697. The highest BCUT2D eigenvalue weighted by atomic mass is 16.5. The van der Waals surface area contributed by atoms with Gasteiger partial charge in [-0.25, -0.2) is 4.79 Å². The number of amides is 2. The maximum absolute atomic E-state index is 12.3. The van der Waals surface area contributed by atoms with Crippen molar-refractivity contribution in [2.45, 2.75) is 39.0 Å². The molecule has 2 rings (SSSR count). The summed E-state index contributed by atoms with van der Waals surface area (Å²) in [6.45, 7) is 5.64. The van der Waals surface area contributed by atoms with Crippen molar-refractivity contribution in [3.05, 3.63) is 0 Å². The zero-order chi connectivity index (χ0) is 15.3. The second-order valence-electron chi connectivity index (χ2n) is 6.63. The lowest BCUT2D eigenvalue weighted by atomic mass is 9.82. The molecular formula is C15H26N2O4. The van der Waals surface area contributed by atoms with Gasteiger partial charge in [-0.2, -0.15) is 0 Å². The quantitative estimate of drug-likeness (QED) is 0.828. The molecule has 2 fully saturated rings. The van der Waals surface area contributed by atoms with Crippen LogP contribution >= 0.6 is 0 Å². The minimum atomic E-state index is -0.781. The zero-order valence-corrected chi connectivity index (χ0v) is 12.8. The Bertz CT molecular complexity index is 380. The molecule has 0 aromatic rings. The molecular weight excluding hydrogens is 272 g/mol. The molecule has 0 aromatic carbocycles. The number of nitrogens with zero attached hydrogens (tertiary/aromatic N) is 1. The van der Waals surface area contributed by atoms with Crippen LogP contribution in [-0.2, 0) is 9.53 Å². The molecule has 1 atom stereocenters. The maximum atomic E-state index is 12.3. The predicted molar refractivity (Wildman–Crippen MR) is 78.1 cm³/mol. The normalized spacial score (nSPS) is 25.4. The number of nitrogens with one attached hydrogen (secondary N) is 1. The highest BCUT2D eigenvalue weighted by Crippen LogP contribution is 2.28. The smallest absolute Gasteiger partial charge is 0.317 e. The number of likely N-dealkylation sites (tertiary alicyclic amines) is 1. The second kappa shape index (κ2) is 7.11. The highest BCUT2D eigenvalue weighted by molar-refractivity contribution is 5.74. The van der Waals surface area contributed by atoms with Crippen LogP contribution in [0.1, 0.15) is 39.0 Å². The molecule has 2 N–H and O–H groups in total. The average molecular weight is 298 g/mol. The highest BCUT2D eigenvalue weighted by Gasteiger charge is 2.30. The van der Waals surface area contributed by atoms with Crippen molar-refractivity contribution in [3.63, 3.8) is 0 Å². The molecule has 2 aliphatic heterocycles. The van der Waals surface area contributed by atoms with Crippen LogP contribution in [0.5, 0.6) is 0 Å². The van der Waals surface area contributed by atoms with Gasteiger partial charge >= 0.3 is 12.0 Å². The molecule has 0 aliphatic carbocycles. The van der Waals surface area contributed by atoms with Crippen molar-refractivity contribution in [2.24, 2.45) is 11.3 Å². The fraction of sp³-hybridized carbons (Fsp3) is 0.867. The summed E-state index contributed by atoms with van der Waals surface area (Å²) in [4.78, 5) is 24.8. The number of rotatable bonds is 4. The molecule has 2 amide bonds. The first-order chi connectivity index (χ1) is 9.98. The van der Waals surface area contributed by atoms with Gasteiger partial charge in [-0.05, 0) is 37.0 Å². The van der Waals surface area contributed by atoms with Gasteiger partial charge in [0, 0.05) is 39.3 Å². The summed E-state index contributed by atoms with van der Waals surface area (Å²) >= 11 is 0. The van der Waals surface area contributed by atoms with Crippen molar-refractivity contribution in [1.29, 1.82) is 0 Å². The lowest BCUT2D eigenvalue weighted by Gasteiger charge is -2.36. The maximum Gasteiger partial charge on any atom is 0.317 e. The summed E-state index contributed by atoms with van der Waals surface area (Å²) in [5.41, 5.74) is 0.115. The number of aliphatic carboxylic acids is 1. The fourth-order valence-corrected chi connectivity index (χ4v) is 3.10. The van der Waals surface area contributed by atoms with Gasteiger partial charge in [0.2, 0.25) is 0 Å². The molecule has 1 unspecified atom stereocenters. The van der Waals surface area contributed by atoms with Crippen LogP contribution in [0, 0.1) is 11.3 Å². The molecule has 21 heavy (non-hydrogen) atoms. The molecule has 2 saturated heterocycles. The number of hydrogen-bond acceptors (Lipinski definition) is 3. The van der Waals surface area contributed by atoms with Crippen LogP contribution in [0.25, 0.3) is 0 Å². The van der Waals surface area contributed by atoms with Crippen molar-refractivity contribution in [1.82, 2.24) is 10.2 Å². The summed E-state index contributed by atoms with van der Waals surface area (Å²) in [6, 6.07) is -0.0576. The van der Waals surface area contributed by atoms with Gasteiger partial charge in [0.25, 0.3) is 0 Å². The van der Waals surface area contributed by atoms with E-state index in [0.717, 1.165) is 45.4 Å². The van der Waals surface area contributed by atoms with Crippen LogP contribution in [0.2, 0.25) is 0 Å². The van der Waals surface area contributed by atoms with Crippen LogP contribution in [0.3, 0.4) is 0 Å². The van der Waals surface area contributed by atoms with Gasteiger partial charge in [-0.15, -0.1) is 0 Å². The SMILES string of the molecule is CC1(CNC(=O)N2CCCC(CC(=O)O)C2)CCOCC1. The zero-order valence-electron chi connectivity index (χ0n) is 12.8. The fourth-order valence-electron chi connectivity index (χ4n) is 3.10. The predicted octanol–water partition coefficient (Wildman–Crippen LogP) is 1.70. The number of carbonyl (C=O) groups is 2. The van der Waals surface area contributed by atoms with E-state index >= 15 is 0 Å². The molecule has 2 aliphatic rings. The number of carboxylic acids is 1. The summed E-state index contributed by atoms with van der Waals surface area (Å²) in [7, 11) is 0. The van der Waals surface area contributed by atoms with E-state index in [2.05, 4.69) is 12.2 Å². The minimum absolute atomic E-state index is 0.0576. The molecule has 0 radical (unpaired) electrons. The molecule has 0 spiro atoms. The van der Waals surface area contributed by atoms with E-state index in [0.29, 0.717) is 13.1 Å². The Labute approximate surface area is 125 Å². The van der Waals surface area contributed by atoms with Gasteiger partial charge in [-0.3, -0.25) is 4.79 Å². The van der Waals surface area contributed by atoms with Gasteiger partial charge in [0.05, 0.1) is 0 Å². The molecule has 0 bridgehead atoms. The van der Waals surface area contributed by atoms with Crippen LogP contribution in [0.15, 0.2) is 0 Å². The number of carboxylic acid groups (broad SMARTS) is 1. The number of urea groups is 1. The van der Waals surface area contributed by atoms with Gasteiger partial charge < -0.3 is 20.1 Å². The second-order valence-corrected chi connectivity index (χ2v) is 6.63. The summed E-state index contributed by atoms with van der Waals surface area (Å²) in [5, 5.41) is 11.9. The first kappa shape index (κ1) is 16.1. The molecule has 0 saturated carbocycles. The number of piperidine rings is 1. The summed E-state index contributed by atoms with van der Waals surface area (Å²) in [6.07, 6.45) is 3.87. The van der Waals surface area contributed by atoms with E-state index in [-0.39, 0.29) is 23.8 Å². The van der Waals surface area contributed by atoms with E-state index in [1.165, 1.54) is 0 Å². The summed E-state index contributed by atoms with van der Waals surface area (Å²) < 4.78 is 5.36. The molecule has 6 nitrogen and oxygen atoms in total. The third-order valence-electron chi connectivity index (χ3n) is 4.64. The molecule has 2 heterocycles. The number of ether oxygens (including phenoxy) is 1. The lowest BCUT2D eigenvalue weighted by Crippen LogP contribution is -2.49. The third kappa shape index (κ3) is 4.88. The number of hydrogen-bond donors (Lipinski definition) is 2. The largest absolute Gasteiger partial charge is 0.481 e. The Morgan fingerprint density at radius 1 is 1.38 bits per heavy atom. The Balaban J connectivity index is 1.78. The van der Waals surface area contributed by atoms with Crippen LogP contribution in [0.4, 0.5) is 4.79 Å². The van der Waals surface area contributed by atoms with Gasteiger partial charge in [0.15, 0.2) is 0 Å². The molecule has 0 aromatic heterocycles. The Hall–Kier alpha value is -1.30. The monoisotopic (exact) mass is 298 g/mol. The topological polar surface area (TPSA) is 78.9 Å². The Kier molecular flexibility index (Phi) is 5.45. The lowest BCUT2D eigenvalue weighted by molar-refractivity contribution is -0.138. The van der Waals surface area contributed by atoms with E-state index in [9.17, 15) is 9.59 Å². The van der Waals surface area contributed by atoms with Crippen LogP contribution < -0.4 is 5.32 Å². The van der Waals surface area contributed by atoms with Gasteiger partial charge in [-0.1, -0.05) is 6.92 Å². The molecule has 6 heteroatoms. The van der Waals surface area contributed by atoms with Crippen LogP contribution in [-0.4, -0.2) is 54.9 Å². The average Bonchev–Trinajstić information content (AvgIpc) is 2.45. The van der Waals surface area contributed by atoms with E-state index < -0.39 is 5.97 Å². The molecule has 120 valence electrons. The van der Waals surface area contributed by atoms with E-state index in [1.807, 2.05) is 0 Å². The van der Waals surface area contributed by atoms with Crippen molar-refractivity contribution in [3.8, 4) is 0 Å². The van der Waals surface area contributed by atoms with Gasteiger partial charge in [0.1, 0.15) is 0 Å². The minimum Gasteiger partial charge on any atom is -0.481 e. The third-order valence-corrected chi connectivity index (χ3v) is 4.64. The Morgan fingerprint density at radius 2 is 2.10 bits per heavy atom. The van der Waals surface area contributed by atoms with Crippen molar-refractivity contribution < 1.29 is 19.4 Å². The number of carbonyl (C=O) groups excluding carboxylic acids is 1. The van der Waals surface area contributed by atoms with Crippen molar-refractivity contribution >= 4 is 12.0 Å². The van der Waals surface area contributed by atoms with Crippen molar-refractivity contribution in [2.75, 3.05) is 32.8 Å². The van der Waals surface area contributed by atoms with E-state index in [1.54, 1.807) is 4.90 Å².